The van der Waals surface area contributed by atoms with Gasteiger partial charge < -0.3 is 30.5 Å². The van der Waals surface area contributed by atoms with Gasteiger partial charge in [-0.25, -0.2) is 9.97 Å². The van der Waals surface area contributed by atoms with Crippen molar-refractivity contribution in [3.63, 3.8) is 0 Å². The molecule has 15 nitrogen and oxygen atoms in total. The van der Waals surface area contributed by atoms with Gasteiger partial charge >= 0.3 is 6.18 Å². The maximum Gasteiger partial charge on any atom is 0.416 e. The number of rotatable bonds is 8. The SMILES string of the molecule is CCc1c(N2CCN(C(=O)c3ncnc(C)c3O)CC2)c(=O)n2nc(C3=CC4(C3)CC(C(N)=O)C4)nc2n1CC(=O)Nc1ccc(C(F)(F)F)cc1Cl. The van der Waals surface area contributed by atoms with Crippen molar-refractivity contribution < 1.29 is 32.7 Å². The Morgan fingerprint density at radius 3 is 2.45 bits per heavy atom. The number of alkyl halides is 3. The molecule has 0 atom stereocenters. The Morgan fingerprint density at radius 1 is 1.13 bits per heavy atom. The Bertz CT molecular complexity index is 2270. The Morgan fingerprint density at radius 2 is 1.83 bits per heavy atom. The van der Waals surface area contributed by atoms with Crippen molar-refractivity contribution in [3.8, 4) is 5.75 Å². The standard InChI is InChI=1S/C34H34ClF3N10O5/c1-3-23-26(45-6-8-46(9-7-45)30(52)25-27(50)17(2)40-16-41-25)31(53)48-32(43-29(44-48)19-13-33(14-19)11-18(12-33)28(39)51)47(23)15-24(49)42-22-5-4-20(10-21(22)35)34(36,37)38/h4-5,10,13,16,18,50H,3,6-9,11-12,14-15H2,1-2H3,(H2,39,51)(H,42,49). The van der Waals surface area contributed by atoms with Gasteiger partial charge in [-0.05, 0) is 61.8 Å². The summed E-state index contributed by atoms with van der Waals surface area (Å²) in [5.41, 5.74) is 5.38. The molecule has 3 amide bonds. The van der Waals surface area contributed by atoms with E-state index in [0.29, 0.717) is 25.0 Å². The summed E-state index contributed by atoms with van der Waals surface area (Å²) in [5, 5.41) is 17.2. The van der Waals surface area contributed by atoms with Crippen LogP contribution in [-0.2, 0) is 28.7 Å². The molecule has 2 aliphatic carbocycles. The number of aromatic hydroxyl groups is 1. The fourth-order valence-electron chi connectivity index (χ4n) is 7.35. The second-order valence-corrected chi connectivity index (χ2v) is 14.0. The molecule has 4 aromatic rings. The Labute approximate surface area is 304 Å². The zero-order valence-corrected chi connectivity index (χ0v) is 29.3. The van der Waals surface area contributed by atoms with Crippen LogP contribution in [0.25, 0.3) is 11.4 Å². The first kappa shape index (κ1) is 35.9. The largest absolute Gasteiger partial charge is 0.504 e. The zero-order chi connectivity index (χ0) is 38.0. The van der Waals surface area contributed by atoms with Crippen LogP contribution in [0.15, 0.2) is 35.4 Å². The maximum absolute atomic E-state index is 14.3. The van der Waals surface area contributed by atoms with Crippen LogP contribution in [0.2, 0.25) is 5.02 Å². The first-order chi connectivity index (χ1) is 25.1. The van der Waals surface area contributed by atoms with Crippen molar-refractivity contribution in [1.82, 2.24) is 34.0 Å². The molecule has 4 heterocycles. The van der Waals surface area contributed by atoms with Crippen LogP contribution in [0.4, 0.5) is 24.5 Å². The van der Waals surface area contributed by atoms with Gasteiger partial charge in [0.25, 0.3) is 11.5 Å². The van der Waals surface area contributed by atoms with E-state index in [9.17, 15) is 37.5 Å². The van der Waals surface area contributed by atoms with Gasteiger partial charge in [0.15, 0.2) is 17.3 Å². The number of nitrogens with two attached hydrogens (primary N) is 1. The highest BCUT2D eigenvalue weighted by Gasteiger charge is 2.50. The molecule has 53 heavy (non-hydrogen) atoms. The van der Waals surface area contributed by atoms with Crippen molar-refractivity contribution in [3.05, 3.63) is 74.4 Å². The van der Waals surface area contributed by atoms with E-state index in [1.807, 2.05) is 6.08 Å². The molecule has 0 bridgehead atoms. The predicted molar refractivity (Wildman–Crippen MR) is 185 cm³/mol. The van der Waals surface area contributed by atoms with Crippen LogP contribution in [-0.4, -0.2) is 83.0 Å². The molecule has 7 rings (SSSR count). The Balaban J connectivity index is 1.22. The first-order valence-corrected chi connectivity index (χ1v) is 17.2. The lowest BCUT2D eigenvalue weighted by Gasteiger charge is -2.50. The summed E-state index contributed by atoms with van der Waals surface area (Å²) < 4.78 is 42.3. The van der Waals surface area contributed by atoms with Gasteiger partial charge in [-0.15, -0.1) is 5.10 Å². The quantitative estimate of drug-likeness (QED) is 0.241. The third-order valence-corrected chi connectivity index (χ3v) is 10.5. The number of hydrogen-bond acceptors (Lipinski definition) is 10. The Hall–Kier alpha value is -5.52. The molecule has 3 aliphatic rings. The first-order valence-electron chi connectivity index (χ1n) is 16.8. The molecule has 278 valence electrons. The number of aryl methyl sites for hydroxylation is 1. The fraction of sp³-hybridized carbons (Fsp3) is 0.412. The summed E-state index contributed by atoms with van der Waals surface area (Å²) >= 11 is 6.12. The van der Waals surface area contributed by atoms with Gasteiger partial charge in [-0.3, -0.25) is 19.2 Å². The number of piperazine rings is 1. The smallest absolute Gasteiger partial charge is 0.416 e. The summed E-state index contributed by atoms with van der Waals surface area (Å²) in [5.74, 6) is -1.63. The van der Waals surface area contributed by atoms with Gasteiger partial charge in [-0.2, -0.15) is 22.7 Å². The number of primary amides is 1. The number of aromatic nitrogens is 6. The van der Waals surface area contributed by atoms with E-state index in [1.165, 1.54) is 11.2 Å². The van der Waals surface area contributed by atoms with Gasteiger partial charge in [-0.1, -0.05) is 24.6 Å². The number of carbonyl (C=O) groups is 3. The molecule has 1 saturated heterocycles. The number of nitrogens with zero attached hydrogens (tertiary/aromatic N) is 8. The summed E-state index contributed by atoms with van der Waals surface area (Å²) in [4.78, 5) is 68.5. The highest BCUT2D eigenvalue weighted by molar-refractivity contribution is 6.33. The van der Waals surface area contributed by atoms with E-state index in [-0.39, 0.29) is 95.0 Å². The second-order valence-electron chi connectivity index (χ2n) is 13.6. The number of hydrogen-bond donors (Lipinski definition) is 3. The van der Waals surface area contributed by atoms with Gasteiger partial charge in [0.1, 0.15) is 18.6 Å². The molecular formula is C34H34ClF3N10O5. The van der Waals surface area contributed by atoms with Crippen LogP contribution in [0, 0.1) is 18.3 Å². The lowest BCUT2D eigenvalue weighted by atomic mass is 9.53. The monoisotopic (exact) mass is 754 g/mol. The van der Waals surface area contributed by atoms with Crippen LogP contribution >= 0.6 is 11.6 Å². The third kappa shape index (κ3) is 6.44. The van der Waals surface area contributed by atoms with E-state index in [0.717, 1.165) is 28.3 Å². The second kappa shape index (κ2) is 13.2. The van der Waals surface area contributed by atoms with E-state index in [1.54, 1.807) is 23.3 Å². The molecule has 4 N–H and O–H groups in total. The van der Waals surface area contributed by atoms with Gasteiger partial charge in [0.05, 0.1) is 27.7 Å². The average Bonchev–Trinajstić information content (AvgIpc) is 3.51. The molecule has 0 unspecified atom stereocenters. The summed E-state index contributed by atoms with van der Waals surface area (Å²) in [6.07, 6.45) is 0.649. The lowest BCUT2D eigenvalue weighted by Crippen LogP contribution is -2.51. The minimum absolute atomic E-state index is 0.0347. The number of nitrogens with one attached hydrogen (secondary N) is 1. The fourth-order valence-corrected chi connectivity index (χ4v) is 7.57. The molecule has 1 aliphatic heterocycles. The normalized spacial score (nSPS) is 19.9. The Kier molecular flexibility index (Phi) is 8.90. The molecule has 2 fully saturated rings. The van der Waals surface area contributed by atoms with Crippen molar-refractivity contribution in [2.45, 2.75) is 52.3 Å². The number of carbonyl (C=O) groups excluding carboxylic acids is 3. The molecule has 0 radical (unpaired) electrons. The number of allylic oxidation sites excluding steroid dienone is 2. The number of amides is 3. The van der Waals surface area contributed by atoms with Crippen LogP contribution in [0.3, 0.4) is 0 Å². The maximum atomic E-state index is 14.3. The molecule has 1 saturated carbocycles. The predicted octanol–water partition coefficient (Wildman–Crippen LogP) is 3.20. The van der Waals surface area contributed by atoms with Crippen LogP contribution < -0.4 is 21.5 Å². The lowest BCUT2D eigenvalue weighted by molar-refractivity contribution is -0.137. The number of halogens is 4. The molecule has 3 aromatic heterocycles. The van der Waals surface area contributed by atoms with Crippen molar-refractivity contribution >= 4 is 52.0 Å². The number of benzene rings is 1. The minimum Gasteiger partial charge on any atom is -0.504 e. The topological polar surface area (TPSA) is 194 Å². The highest BCUT2D eigenvalue weighted by Crippen LogP contribution is 2.58. The minimum atomic E-state index is -4.63. The zero-order valence-electron chi connectivity index (χ0n) is 28.6. The van der Waals surface area contributed by atoms with E-state index in [2.05, 4.69) is 25.4 Å². The number of anilines is 2. The third-order valence-electron chi connectivity index (χ3n) is 10.1. The molecule has 1 aromatic carbocycles. The van der Waals surface area contributed by atoms with Crippen molar-refractivity contribution in [2.75, 3.05) is 36.4 Å². The van der Waals surface area contributed by atoms with Crippen molar-refractivity contribution in [1.29, 1.82) is 0 Å². The van der Waals surface area contributed by atoms with Crippen LogP contribution in [0.5, 0.6) is 5.75 Å². The van der Waals surface area contributed by atoms with Crippen molar-refractivity contribution in [2.24, 2.45) is 17.1 Å². The van der Waals surface area contributed by atoms with Gasteiger partial charge in [0.2, 0.25) is 17.6 Å². The van der Waals surface area contributed by atoms with Gasteiger partial charge in [0, 0.05) is 32.1 Å². The summed E-state index contributed by atoms with van der Waals surface area (Å²) in [7, 11) is 0. The molecule has 1 spiro atoms. The highest BCUT2D eigenvalue weighted by atomic mass is 35.5. The summed E-state index contributed by atoms with van der Waals surface area (Å²) in [6, 6.07) is 2.60. The van der Waals surface area contributed by atoms with E-state index in [4.69, 9.17) is 17.3 Å². The molecule has 19 heteroatoms. The molecular weight excluding hydrogens is 721 g/mol. The van der Waals surface area contributed by atoms with Crippen LogP contribution in [0.1, 0.15) is 59.5 Å². The average molecular weight is 755 g/mol. The van der Waals surface area contributed by atoms with E-state index < -0.39 is 35.7 Å². The number of fused-ring (bicyclic) bond motifs is 1. The summed E-state index contributed by atoms with van der Waals surface area (Å²) in [6.45, 7) is 3.75. The van der Waals surface area contributed by atoms with E-state index >= 15 is 0 Å².